The highest BCUT2D eigenvalue weighted by Crippen LogP contribution is 2.31. The number of aliphatic imine (C=N–C) groups is 1. The molecule has 1 saturated heterocycles. The number of piperidine rings is 1. The van der Waals surface area contributed by atoms with Crippen molar-refractivity contribution < 1.29 is 18.0 Å². The number of hydrogen-bond acceptors (Lipinski definition) is 4. The van der Waals surface area contributed by atoms with Gasteiger partial charge in [-0.2, -0.15) is 13.2 Å². The molecule has 0 aliphatic carbocycles. The first kappa shape index (κ1) is 21.2. The number of nitrogens with one attached hydrogen (secondary N) is 1. The van der Waals surface area contributed by atoms with Gasteiger partial charge in [-0.05, 0) is 44.5 Å². The van der Waals surface area contributed by atoms with Crippen molar-refractivity contribution in [2.45, 2.75) is 56.6 Å². The van der Waals surface area contributed by atoms with E-state index in [1.807, 2.05) is 6.92 Å². The molecule has 2 aliphatic rings. The number of hydrogen-bond donors (Lipinski definition) is 1. The van der Waals surface area contributed by atoms with Crippen molar-refractivity contribution in [3.63, 3.8) is 0 Å². The van der Waals surface area contributed by atoms with Crippen molar-refractivity contribution in [2.75, 3.05) is 19.6 Å². The maximum absolute atomic E-state index is 12.9. The third-order valence-corrected chi connectivity index (χ3v) is 6.35. The first-order chi connectivity index (χ1) is 13.3. The van der Waals surface area contributed by atoms with Crippen molar-refractivity contribution in [1.29, 1.82) is 0 Å². The average Bonchev–Trinajstić information content (AvgIpc) is 2.99. The molecule has 1 amide bonds. The Morgan fingerprint density at radius 3 is 2.75 bits per heavy atom. The third-order valence-electron chi connectivity index (χ3n) is 5.07. The molecule has 2 heterocycles. The summed E-state index contributed by atoms with van der Waals surface area (Å²) in [6.45, 7) is 4.81. The van der Waals surface area contributed by atoms with E-state index in [1.165, 1.54) is 37.1 Å². The Hall–Kier alpha value is -1.54. The summed E-state index contributed by atoms with van der Waals surface area (Å²) >= 11 is 1.44. The second-order valence-electron chi connectivity index (χ2n) is 7.40. The highest BCUT2D eigenvalue weighted by Gasteiger charge is 2.31. The maximum atomic E-state index is 12.9. The van der Waals surface area contributed by atoms with Gasteiger partial charge in [-0.25, -0.2) is 0 Å². The summed E-state index contributed by atoms with van der Waals surface area (Å²) in [7, 11) is 0. The molecule has 8 heteroatoms. The van der Waals surface area contributed by atoms with E-state index in [4.69, 9.17) is 0 Å². The summed E-state index contributed by atoms with van der Waals surface area (Å²) in [6, 6.07) is 5.24. The Bertz CT molecular complexity index is 717. The van der Waals surface area contributed by atoms with E-state index in [9.17, 15) is 18.0 Å². The van der Waals surface area contributed by atoms with Crippen molar-refractivity contribution in [2.24, 2.45) is 4.99 Å². The number of thioether (sulfide) groups is 1. The van der Waals surface area contributed by atoms with E-state index in [0.29, 0.717) is 18.4 Å². The number of rotatable bonds is 6. The van der Waals surface area contributed by atoms with Crippen LogP contribution in [0.25, 0.3) is 0 Å². The predicted octanol–water partition coefficient (Wildman–Crippen LogP) is 4.10. The van der Waals surface area contributed by atoms with Gasteiger partial charge in [-0.3, -0.25) is 9.79 Å². The first-order valence-corrected chi connectivity index (χ1v) is 10.6. The van der Waals surface area contributed by atoms with Crippen molar-refractivity contribution in [3.05, 3.63) is 35.4 Å². The standard InChI is InChI=1S/C20H26F3N3OS/c1-14-19(25-17(27)8-11-26-9-3-2-4-10-26)28-18(24-14)13-15-6-5-7-16(12-15)20(21,22)23/h5-7,12,14,19H,2-4,8-11,13H2,1H3,(H,25,27)/t14-,19+/m0/s1. The number of halogens is 3. The topological polar surface area (TPSA) is 44.7 Å². The van der Waals surface area contributed by atoms with E-state index in [2.05, 4.69) is 15.2 Å². The smallest absolute Gasteiger partial charge is 0.342 e. The number of nitrogens with zero attached hydrogens (tertiary/aromatic N) is 2. The van der Waals surface area contributed by atoms with E-state index < -0.39 is 11.7 Å². The molecule has 0 unspecified atom stereocenters. The molecule has 1 aromatic rings. The van der Waals surface area contributed by atoms with E-state index in [1.54, 1.807) is 6.07 Å². The lowest BCUT2D eigenvalue weighted by Gasteiger charge is -2.26. The van der Waals surface area contributed by atoms with Crippen LogP contribution >= 0.6 is 11.8 Å². The van der Waals surface area contributed by atoms with Crippen molar-refractivity contribution in [1.82, 2.24) is 10.2 Å². The second-order valence-corrected chi connectivity index (χ2v) is 8.61. The molecule has 2 atom stereocenters. The van der Waals surface area contributed by atoms with Gasteiger partial charge in [-0.1, -0.05) is 36.4 Å². The molecule has 0 saturated carbocycles. The zero-order valence-electron chi connectivity index (χ0n) is 16.0. The molecule has 28 heavy (non-hydrogen) atoms. The van der Waals surface area contributed by atoms with Crippen LogP contribution in [-0.4, -0.2) is 46.9 Å². The van der Waals surface area contributed by atoms with Crippen LogP contribution < -0.4 is 5.32 Å². The van der Waals surface area contributed by atoms with Crippen LogP contribution in [0.3, 0.4) is 0 Å². The number of amides is 1. The van der Waals surface area contributed by atoms with Gasteiger partial charge in [0.2, 0.25) is 5.91 Å². The highest BCUT2D eigenvalue weighted by molar-refractivity contribution is 8.14. The minimum Gasteiger partial charge on any atom is -0.342 e. The van der Waals surface area contributed by atoms with Crippen molar-refractivity contribution in [3.8, 4) is 0 Å². The fourth-order valence-electron chi connectivity index (χ4n) is 3.51. The average molecular weight is 414 g/mol. The first-order valence-electron chi connectivity index (χ1n) is 9.72. The molecule has 1 fully saturated rings. The molecule has 1 N–H and O–H groups in total. The van der Waals surface area contributed by atoms with Crippen LogP contribution in [0, 0.1) is 0 Å². The SMILES string of the molecule is C[C@@H]1N=C(Cc2cccc(C(F)(F)F)c2)S[C@H]1NC(=O)CCN1CCCCC1. The lowest BCUT2D eigenvalue weighted by molar-refractivity contribution is -0.137. The lowest BCUT2D eigenvalue weighted by atomic mass is 10.1. The Kier molecular flexibility index (Phi) is 7.04. The monoisotopic (exact) mass is 413 g/mol. The molecular formula is C20H26F3N3OS. The van der Waals surface area contributed by atoms with E-state index in [0.717, 1.165) is 36.8 Å². The molecule has 4 nitrogen and oxygen atoms in total. The van der Waals surface area contributed by atoms with Crippen LogP contribution in [0.5, 0.6) is 0 Å². The molecular weight excluding hydrogens is 387 g/mol. The van der Waals surface area contributed by atoms with Gasteiger partial charge in [0.05, 0.1) is 16.6 Å². The molecule has 0 radical (unpaired) electrons. The van der Waals surface area contributed by atoms with Gasteiger partial charge in [0.1, 0.15) is 5.37 Å². The van der Waals surface area contributed by atoms with E-state index in [-0.39, 0.29) is 17.3 Å². The Morgan fingerprint density at radius 2 is 2.04 bits per heavy atom. The molecule has 0 bridgehead atoms. The number of alkyl halides is 3. The van der Waals surface area contributed by atoms with Gasteiger partial charge >= 0.3 is 6.18 Å². The second kappa shape index (κ2) is 9.31. The maximum Gasteiger partial charge on any atom is 0.416 e. The van der Waals surface area contributed by atoms with Crippen LogP contribution in [0.15, 0.2) is 29.3 Å². The van der Waals surface area contributed by atoms with Gasteiger partial charge in [0.15, 0.2) is 0 Å². The molecule has 3 rings (SSSR count). The van der Waals surface area contributed by atoms with E-state index >= 15 is 0 Å². The van der Waals surface area contributed by atoms with Gasteiger partial charge < -0.3 is 10.2 Å². The minimum absolute atomic E-state index is 0.00504. The van der Waals surface area contributed by atoms with Gasteiger partial charge in [-0.15, -0.1) is 0 Å². The summed E-state index contributed by atoms with van der Waals surface area (Å²) in [5.74, 6) is 0.00504. The third kappa shape index (κ3) is 5.98. The van der Waals surface area contributed by atoms with Gasteiger partial charge in [0, 0.05) is 19.4 Å². The molecule has 0 spiro atoms. The summed E-state index contributed by atoms with van der Waals surface area (Å²) in [6.07, 6.45) is 0.128. The van der Waals surface area contributed by atoms with Crippen molar-refractivity contribution >= 4 is 22.7 Å². The molecule has 0 aromatic heterocycles. The zero-order chi connectivity index (χ0) is 20.1. The predicted molar refractivity (Wildman–Crippen MR) is 106 cm³/mol. The summed E-state index contributed by atoms with van der Waals surface area (Å²) in [4.78, 5) is 19.1. The Labute approximate surface area is 168 Å². The van der Waals surface area contributed by atoms with Crippen LogP contribution in [0.1, 0.15) is 43.7 Å². The molecule has 2 aliphatic heterocycles. The fraction of sp³-hybridized carbons (Fsp3) is 0.600. The lowest BCUT2D eigenvalue weighted by Crippen LogP contribution is -2.39. The molecule has 154 valence electrons. The van der Waals surface area contributed by atoms with Gasteiger partial charge in [0.25, 0.3) is 0 Å². The Morgan fingerprint density at radius 1 is 1.29 bits per heavy atom. The van der Waals surface area contributed by atoms with Crippen LogP contribution in [0.2, 0.25) is 0 Å². The number of benzene rings is 1. The minimum atomic E-state index is -4.35. The summed E-state index contributed by atoms with van der Waals surface area (Å²) in [5.41, 5.74) is -0.0745. The van der Waals surface area contributed by atoms with Crippen LogP contribution in [-0.2, 0) is 17.4 Å². The number of likely N-dealkylation sites (tertiary alicyclic amines) is 1. The summed E-state index contributed by atoms with van der Waals surface area (Å²) in [5, 5.41) is 3.62. The normalized spacial score (nSPS) is 23.5. The Balaban J connectivity index is 1.48. The van der Waals surface area contributed by atoms with Crippen LogP contribution in [0.4, 0.5) is 13.2 Å². The zero-order valence-corrected chi connectivity index (χ0v) is 16.8. The highest BCUT2D eigenvalue weighted by atomic mass is 32.2. The number of carbonyl (C=O) groups excluding carboxylic acids is 1. The fourth-order valence-corrected chi connectivity index (χ4v) is 4.73. The molecule has 1 aromatic carbocycles. The number of carbonyl (C=O) groups is 1. The summed E-state index contributed by atoms with van der Waals surface area (Å²) < 4.78 is 38.6. The quantitative estimate of drug-likeness (QED) is 0.764. The largest absolute Gasteiger partial charge is 0.416 e.